The van der Waals surface area contributed by atoms with Gasteiger partial charge < -0.3 is 14.7 Å². The molecule has 26 heavy (non-hydrogen) atoms. The van der Waals surface area contributed by atoms with Gasteiger partial charge in [-0.15, -0.1) is 0 Å². The molecule has 140 valence electrons. The van der Waals surface area contributed by atoms with Crippen LogP contribution in [0.2, 0.25) is 0 Å². The predicted octanol–water partition coefficient (Wildman–Crippen LogP) is 3.19. The van der Waals surface area contributed by atoms with Gasteiger partial charge in [0.25, 0.3) is 0 Å². The summed E-state index contributed by atoms with van der Waals surface area (Å²) < 4.78 is 5.30. The van der Waals surface area contributed by atoms with Crippen molar-refractivity contribution in [1.82, 2.24) is 20.4 Å². The molecule has 1 fully saturated rings. The first kappa shape index (κ1) is 18.4. The van der Waals surface area contributed by atoms with Gasteiger partial charge in [0.1, 0.15) is 0 Å². The SMILES string of the molecule is CCNC(=NCCc1nc(C(C)C)no1)N1CCC(c2ccccc2)C1. The van der Waals surface area contributed by atoms with E-state index in [1.807, 2.05) is 0 Å². The Bertz CT molecular complexity index is 710. The molecule has 1 saturated heterocycles. The van der Waals surface area contributed by atoms with Crippen LogP contribution in [-0.4, -0.2) is 47.2 Å². The molecule has 6 nitrogen and oxygen atoms in total. The van der Waals surface area contributed by atoms with Gasteiger partial charge >= 0.3 is 0 Å². The normalized spacial score (nSPS) is 17.9. The Balaban J connectivity index is 1.58. The summed E-state index contributed by atoms with van der Waals surface area (Å²) in [7, 11) is 0. The van der Waals surface area contributed by atoms with Crippen molar-refractivity contribution in [3.8, 4) is 0 Å². The summed E-state index contributed by atoms with van der Waals surface area (Å²) in [5.41, 5.74) is 1.41. The fourth-order valence-corrected chi connectivity index (χ4v) is 3.24. The van der Waals surface area contributed by atoms with Crippen molar-refractivity contribution in [2.75, 3.05) is 26.2 Å². The van der Waals surface area contributed by atoms with E-state index in [-0.39, 0.29) is 5.92 Å². The van der Waals surface area contributed by atoms with Crippen LogP contribution in [0.3, 0.4) is 0 Å². The fourth-order valence-electron chi connectivity index (χ4n) is 3.24. The Morgan fingerprint density at radius 1 is 1.35 bits per heavy atom. The number of rotatable bonds is 6. The highest BCUT2D eigenvalue weighted by Gasteiger charge is 2.25. The van der Waals surface area contributed by atoms with Gasteiger partial charge in [0.15, 0.2) is 11.8 Å². The molecular formula is C20H29N5O. The van der Waals surface area contributed by atoms with Crippen molar-refractivity contribution < 1.29 is 4.52 Å². The van der Waals surface area contributed by atoms with Crippen LogP contribution in [0.4, 0.5) is 0 Å². The van der Waals surface area contributed by atoms with Crippen molar-refractivity contribution >= 4 is 5.96 Å². The summed E-state index contributed by atoms with van der Waals surface area (Å²) in [6.45, 7) is 9.78. The zero-order chi connectivity index (χ0) is 18.4. The Labute approximate surface area is 155 Å². The Morgan fingerprint density at radius 3 is 2.85 bits per heavy atom. The summed E-state index contributed by atoms with van der Waals surface area (Å²) in [5, 5.41) is 7.43. The number of nitrogens with zero attached hydrogens (tertiary/aromatic N) is 4. The molecule has 1 aromatic heterocycles. The van der Waals surface area contributed by atoms with E-state index in [0.29, 0.717) is 24.8 Å². The van der Waals surface area contributed by atoms with Crippen LogP contribution < -0.4 is 5.32 Å². The van der Waals surface area contributed by atoms with E-state index in [0.717, 1.165) is 37.8 Å². The molecule has 0 amide bonds. The van der Waals surface area contributed by atoms with Gasteiger partial charge in [-0.25, -0.2) is 0 Å². The minimum absolute atomic E-state index is 0.285. The molecule has 6 heteroatoms. The number of likely N-dealkylation sites (tertiary alicyclic amines) is 1. The maximum Gasteiger partial charge on any atom is 0.228 e. The molecule has 1 N–H and O–H groups in total. The molecule has 2 heterocycles. The minimum atomic E-state index is 0.285. The van der Waals surface area contributed by atoms with E-state index in [4.69, 9.17) is 9.52 Å². The molecule has 0 aliphatic carbocycles. The lowest BCUT2D eigenvalue weighted by atomic mass is 9.99. The van der Waals surface area contributed by atoms with E-state index in [2.05, 4.69) is 71.5 Å². The largest absolute Gasteiger partial charge is 0.357 e. The minimum Gasteiger partial charge on any atom is -0.357 e. The third-order valence-electron chi connectivity index (χ3n) is 4.68. The lowest BCUT2D eigenvalue weighted by molar-refractivity contribution is 0.372. The molecule has 0 spiro atoms. The molecule has 1 aromatic carbocycles. The summed E-state index contributed by atoms with van der Waals surface area (Å²) in [4.78, 5) is 11.6. The number of hydrogen-bond donors (Lipinski definition) is 1. The molecule has 0 saturated carbocycles. The summed E-state index contributed by atoms with van der Waals surface area (Å²) in [5.74, 6) is 3.27. The van der Waals surface area contributed by atoms with E-state index < -0.39 is 0 Å². The molecule has 0 radical (unpaired) electrons. The smallest absolute Gasteiger partial charge is 0.228 e. The number of aliphatic imine (C=N–C) groups is 1. The lowest BCUT2D eigenvalue weighted by Gasteiger charge is -2.21. The van der Waals surface area contributed by atoms with E-state index >= 15 is 0 Å². The second kappa shape index (κ2) is 8.83. The van der Waals surface area contributed by atoms with E-state index in [1.54, 1.807) is 0 Å². The van der Waals surface area contributed by atoms with Crippen molar-refractivity contribution in [2.24, 2.45) is 4.99 Å². The molecule has 1 atom stereocenters. The van der Waals surface area contributed by atoms with Gasteiger partial charge in [-0.05, 0) is 18.9 Å². The highest BCUT2D eigenvalue weighted by atomic mass is 16.5. The van der Waals surface area contributed by atoms with Gasteiger partial charge in [0.2, 0.25) is 5.89 Å². The predicted molar refractivity (Wildman–Crippen MR) is 103 cm³/mol. The maximum atomic E-state index is 5.30. The zero-order valence-electron chi connectivity index (χ0n) is 16.0. The Hall–Kier alpha value is -2.37. The topological polar surface area (TPSA) is 66.5 Å². The van der Waals surface area contributed by atoms with Gasteiger partial charge in [0.05, 0.1) is 6.54 Å². The first-order valence-corrected chi connectivity index (χ1v) is 9.58. The molecule has 1 aliphatic rings. The molecular weight excluding hydrogens is 326 g/mol. The van der Waals surface area contributed by atoms with Crippen molar-refractivity contribution in [2.45, 2.75) is 45.4 Å². The Morgan fingerprint density at radius 2 is 2.15 bits per heavy atom. The second-order valence-electron chi connectivity index (χ2n) is 7.03. The lowest BCUT2D eigenvalue weighted by Crippen LogP contribution is -2.40. The summed E-state index contributed by atoms with van der Waals surface area (Å²) >= 11 is 0. The first-order chi connectivity index (χ1) is 12.7. The molecule has 1 unspecified atom stereocenters. The molecule has 2 aromatic rings. The standard InChI is InChI=1S/C20H29N5O/c1-4-21-20(22-12-10-18-23-19(15(2)3)24-26-18)25-13-11-17(14-25)16-8-6-5-7-9-16/h5-9,15,17H,4,10-14H2,1-3H3,(H,21,22). The molecule has 3 rings (SSSR count). The zero-order valence-corrected chi connectivity index (χ0v) is 16.0. The third kappa shape index (κ3) is 4.62. The molecule has 1 aliphatic heterocycles. The van der Waals surface area contributed by atoms with Crippen LogP contribution in [0.25, 0.3) is 0 Å². The third-order valence-corrected chi connectivity index (χ3v) is 4.68. The number of aromatic nitrogens is 2. The highest BCUT2D eigenvalue weighted by Crippen LogP contribution is 2.26. The van der Waals surface area contributed by atoms with Gasteiger partial charge in [-0.3, -0.25) is 4.99 Å². The van der Waals surface area contributed by atoms with Crippen LogP contribution in [0.1, 0.15) is 56.3 Å². The number of nitrogens with one attached hydrogen (secondary N) is 1. The van der Waals surface area contributed by atoms with Crippen molar-refractivity contribution in [1.29, 1.82) is 0 Å². The summed E-state index contributed by atoms with van der Waals surface area (Å²) in [6, 6.07) is 10.8. The van der Waals surface area contributed by atoms with Gasteiger partial charge in [-0.1, -0.05) is 49.3 Å². The van der Waals surface area contributed by atoms with Gasteiger partial charge in [-0.2, -0.15) is 4.98 Å². The number of benzene rings is 1. The first-order valence-electron chi connectivity index (χ1n) is 9.58. The van der Waals surface area contributed by atoms with Crippen LogP contribution >= 0.6 is 0 Å². The Kier molecular flexibility index (Phi) is 6.26. The average molecular weight is 355 g/mol. The highest BCUT2D eigenvalue weighted by molar-refractivity contribution is 5.80. The van der Waals surface area contributed by atoms with Crippen LogP contribution in [0.5, 0.6) is 0 Å². The van der Waals surface area contributed by atoms with Gasteiger partial charge in [0, 0.05) is 37.9 Å². The fraction of sp³-hybridized carbons (Fsp3) is 0.550. The second-order valence-corrected chi connectivity index (χ2v) is 7.03. The quantitative estimate of drug-likeness (QED) is 0.637. The number of guanidine groups is 1. The maximum absolute atomic E-state index is 5.30. The van der Waals surface area contributed by atoms with E-state index in [9.17, 15) is 0 Å². The number of hydrogen-bond acceptors (Lipinski definition) is 4. The average Bonchev–Trinajstić information content (AvgIpc) is 3.32. The van der Waals surface area contributed by atoms with Crippen LogP contribution in [0.15, 0.2) is 39.8 Å². The van der Waals surface area contributed by atoms with Crippen LogP contribution in [0, 0.1) is 0 Å². The van der Waals surface area contributed by atoms with Crippen molar-refractivity contribution in [3.05, 3.63) is 47.6 Å². The van der Waals surface area contributed by atoms with Crippen molar-refractivity contribution in [3.63, 3.8) is 0 Å². The monoisotopic (exact) mass is 355 g/mol. The summed E-state index contributed by atoms with van der Waals surface area (Å²) in [6.07, 6.45) is 1.83. The van der Waals surface area contributed by atoms with Crippen LogP contribution in [-0.2, 0) is 6.42 Å². The molecule has 0 bridgehead atoms. The van der Waals surface area contributed by atoms with E-state index in [1.165, 1.54) is 5.56 Å².